The van der Waals surface area contributed by atoms with Gasteiger partial charge in [-0.3, -0.25) is 4.98 Å². The minimum Gasteiger partial charge on any atom is -0.465 e. The van der Waals surface area contributed by atoms with Crippen molar-refractivity contribution in [2.45, 2.75) is 19.9 Å². The van der Waals surface area contributed by atoms with Crippen LogP contribution in [0.25, 0.3) is 0 Å². The van der Waals surface area contributed by atoms with Crippen molar-refractivity contribution in [3.05, 3.63) is 29.6 Å². The molecule has 18 heavy (non-hydrogen) atoms. The summed E-state index contributed by atoms with van der Waals surface area (Å²) < 4.78 is 4.60. The van der Waals surface area contributed by atoms with Gasteiger partial charge in [0.25, 0.3) is 0 Å². The lowest BCUT2D eigenvalue weighted by Crippen LogP contribution is -2.22. The van der Waals surface area contributed by atoms with Gasteiger partial charge in [-0.15, -0.1) is 0 Å². The van der Waals surface area contributed by atoms with E-state index in [4.69, 9.17) is 5.11 Å². The molecule has 0 radical (unpaired) electrons. The SMILES string of the molecule is COC(=O)c1ccc(CNCC(C)CCO)nc1. The van der Waals surface area contributed by atoms with Crippen LogP contribution in [0, 0.1) is 5.92 Å². The van der Waals surface area contributed by atoms with E-state index >= 15 is 0 Å². The van der Waals surface area contributed by atoms with Gasteiger partial charge in [0.2, 0.25) is 0 Å². The van der Waals surface area contributed by atoms with Crippen molar-refractivity contribution >= 4 is 5.97 Å². The van der Waals surface area contributed by atoms with E-state index in [1.54, 1.807) is 12.1 Å². The molecule has 1 atom stereocenters. The molecule has 1 unspecified atom stereocenters. The van der Waals surface area contributed by atoms with Crippen molar-refractivity contribution in [1.82, 2.24) is 10.3 Å². The zero-order chi connectivity index (χ0) is 13.4. The number of hydrogen-bond donors (Lipinski definition) is 2. The highest BCUT2D eigenvalue weighted by Gasteiger charge is 2.05. The monoisotopic (exact) mass is 252 g/mol. The van der Waals surface area contributed by atoms with Crippen molar-refractivity contribution < 1.29 is 14.6 Å². The van der Waals surface area contributed by atoms with Gasteiger partial charge in [0.1, 0.15) is 0 Å². The molecule has 0 aliphatic rings. The van der Waals surface area contributed by atoms with E-state index in [0.717, 1.165) is 18.7 Å². The third-order valence-corrected chi connectivity index (χ3v) is 2.67. The van der Waals surface area contributed by atoms with Gasteiger partial charge in [-0.25, -0.2) is 4.79 Å². The van der Waals surface area contributed by atoms with Gasteiger partial charge in [0.05, 0.1) is 18.4 Å². The fourth-order valence-corrected chi connectivity index (χ4v) is 1.54. The zero-order valence-corrected chi connectivity index (χ0v) is 10.8. The van der Waals surface area contributed by atoms with Crippen LogP contribution in [0.5, 0.6) is 0 Å². The second kappa shape index (κ2) is 7.79. The summed E-state index contributed by atoms with van der Waals surface area (Å²) in [5.74, 6) is 0.0583. The van der Waals surface area contributed by atoms with Crippen molar-refractivity contribution in [3.8, 4) is 0 Å². The lowest BCUT2D eigenvalue weighted by Gasteiger charge is -2.10. The number of nitrogens with zero attached hydrogens (tertiary/aromatic N) is 1. The van der Waals surface area contributed by atoms with Crippen LogP contribution in [0.3, 0.4) is 0 Å². The minimum atomic E-state index is -0.376. The van der Waals surface area contributed by atoms with Crippen LogP contribution < -0.4 is 5.32 Å². The molecule has 5 heteroatoms. The molecular formula is C13H20N2O3. The lowest BCUT2D eigenvalue weighted by atomic mass is 10.1. The summed E-state index contributed by atoms with van der Waals surface area (Å²) in [6.07, 6.45) is 2.31. The fraction of sp³-hybridized carbons (Fsp3) is 0.538. The summed E-state index contributed by atoms with van der Waals surface area (Å²) in [4.78, 5) is 15.4. The number of carbonyl (C=O) groups excluding carboxylic acids is 1. The predicted molar refractivity (Wildman–Crippen MR) is 68.2 cm³/mol. The average molecular weight is 252 g/mol. The van der Waals surface area contributed by atoms with Gasteiger partial charge in [-0.2, -0.15) is 0 Å². The molecule has 0 fully saturated rings. The maximum absolute atomic E-state index is 11.2. The average Bonchev–Trinajstić information content (AvgIpc) is 2.39. The maximum Gasteiger partial charge on any atom is 0.339 e. The van der Waals surface area contributed by atoms with Crippen LogP contribution in [-0.2, 0) is 11.3 Å². The Morgan fingerprint density at radius 2 is 2.33 bits per heavy atom. The standard InChI is InChI=1S/C13H20N2O3/c1-10(5-6-16)7-14-9-12-4-3-11(8-15-12)13(17)18-2/h3-4,8,10,14,16H,5-7,9H2,1-2H3. The highest BCUT2D eigenvalue weighted by atomic mass is 16.5. The van der Waals surface area contributed by atoms with Crippen molar-refractivity contribution in [2.75, 3.05) is 20.3 Å². The number of rotatable bonds is 7. The van der Waals surface area contributed by atoms with Crippen molar-refractivity contribution in [3.63, 3.8) is 0 Å². The summed E-state index contributed by atoms with van der Waals surface area (Å²) in [5.41, 5.74) is 1.33. The number of carbonyl (C=O) groups is 1. The lowest BCUT2D eigenvalue weighted by molar-refractivity contribution is 0.0600. The molecule has 0 aromatic carbocycles. The Bertz CT molecular complexity index is 365. The van der Waals surface area contributed by atoms with Crippen LogP contribution in [-0.4, -0.2) is 36.3 Å². The van der Waals surface area contributed by atoms with E-state index in [0.29, 0.717) is 18.0 Å². The number of aromatic nitrogens is 1. The van der Waals surface area contributed by atoms with Crippen LogP contribution >= 0.6 is 0 Å². The van der Waals surface area contributed by atoms with Crippen LogP contribution in [0.4, 0.5) is 0 Å². The molecule has 0 saturated heterocycles. The Labute approximate surface area is 107 Å². The molecule has 0 aliphatic carbocycles. The molecule has 100 valence electrons. The topological polar surface area (TPSA) is 71.5 Å². The number of aliphatic hydroxyl groups excluding tert-OH is 1. The molecule has 1 aromatic heterocycles. The van der Waals surface area contributed by atoms with Crippen molar-refractivity contribution in [1.29, 1.82) is 0 Å². The van der Waals surface area contributed by atoms with Crippen LogP contribution in [0.1, 0.15) is 29.4 Å². The Morgan fingerprint density at radius 3 is 2.89 bits per heavy atom. The fourth-order valence-electron chi connectivity index (χ4n) is 1.54. The summed E-state index contributed by atoms with van der Waals surface area (Å²) in [6, 6.07) is 3.50. The molecule has 0 bridgehead atoms. The number of ether oxygens (including phenoxy) is 1. The van der Waals surface area contributed by atoms with Gasteiger partial charge in [-0.05, 0) is 31.0 Å². The molecular weight excluding hydrogens is 232 g/mol. The Kier molecular flexibility index (Phi) is 6.32. The normalized spacial score (nSPS) is 12.2. The van der Waals surface area contributed by atoms with E-state index in [-0.39, 0.29) is 12.6 Å². The quantitative estimate of drug-likeness (QED) is 0.708. The van der Waals surface area contributed by atoms with Crippen LogP contribution in [0.15, 0.2) is 18.3 Å². The summed E-state index contributed by atoms with van der Waals surface area (Å²) in [7, 11) is 1.35. The molecule has 2 N–H and O–H groups in total. The number of methoxy groups -OCH3 is 1. The first-order chi connectivity index (χ1) is 8.67. The maximum atomic E-state index is 11.2. The highest BCUT2D eigenvalue weighted by Crippen LogP contribution is 2.03. The molecule has 5 nitrogen and oxygen atoms in total. The summed E-state index contributed by atoms with van der Waals surface area (Å²) >= 11 is 0. The Morgan fingerprint density at radius 1 is 1.56 bits per heavy atom. The third kappa shape index (κ3) is 4.81. The number of esters is 1. The van der Waals surface area contributed by atoms with Gasteiger partial charge in [0, 0.05) is 19.3 Å². The molecule has 0 spiro atoms. The summed E-state index contributed by atoms with van der Waals surface area (Å²) in [6.45, 7) is 3.78. The van der Waals surface area contributed by atoms with E-state index in [1.807, 2.05) is 0 Å². The summed E-state index contributed by atoms with van der Waals surface area (Å²) in [5, 5.41) is 12.0. The smallest absolute Gasteiger partial charge is 0.339 e. The first-order valence-electron chi connectivity index (χ1n) is 6.02. The molecule has 1 heterocycles. The highest BCUT2D eigenvalue weighted by molar-refractivity contribution is 5.88. The first-order valence-corrected chi connectivity index (χ1v) is 6.02. The zero-order valence-electron chi connectivity index (χ0n) is 10.8. The van der Waals surface area contributed by atoms with Crippen molar-refractivity contribution in [2.24, 2.45) is 5.92 Å². The molecule has 0 amide bonds. The number of aliphatic hydroxyl groups is 1. The van der Waals surface area contributed by atoms with E-state index < -0.39 is 0 Å². The number of pyridine rings is 1. The van der Waals surface area contributed by atoms with Gasteiger partial charge in [0.15, 0.2) is 0 Å². The van der Waals surface area contributed by atoms with E-state index in [2.05, 4.69) is 22.0 Å². The number of nitrogens with one attached hydrogen (secondary N) is 1. The second-order valence-electron chi connectivity index (χ2n) is 4.28. The first kappa shape index (κ1) is 14.6. The van der Waals surface area contributed by atoms with Crippen LogP contribution in [0.2, 0.25) is 0 Å². The second-order valence-corrected chi connectivity index (χ2v) is 4.28. The molecule has 0 saturated carbocycles. The Balaban J connectivity index is 2.37. The van der Waals surface area contributed by atoms with Gasteiger partial charge in [-0.1, -0.05) is 6.92 Å². The van der Waals surface area contributed by atoms with E-state index in [1.165, 1.54) is 13.3 Å². The van der Waals surface area contributed by atoms with Gasteiger partial charge < -0.3 is 15.2 Å². The third-order valence-electron chi connectivity index (χ3n) is 2.67. The Hall–Kier alpha value is -1.46. The minimum absolute atomic E-state index is 0.217. The molecule has 1 rings (SSSR count). The largest absolute Gasteiger partial charge is 0.465 e. The van der Waals surface area contributed by atoms with E-state index in [9.17, 15) is 4.79 Å². The predicted octanol–water partition coefficient (Wildman–Crippen LogP) is 0.976. The molecule has 1 aromatic rings. The van der Waals surface area contributed by atoms with Gasteiger partial charge >= 0.3 is 5.97 Å². The number of hydrogen-bond acceptors (Lipinski definition) is 5. The molecule has 0 aliphatic heterocycles.